The molecule has 12 heteroatoms. The van der Waals surface area contributed by atoms with E-state index in [1.165, 1.54) is 4.90 Å². The van der Waals surface area contributed by atoms with Gasteiger partial charge in [-0.3, -0.25) is 4.79 Å². The summed E-state index contributed by atoms with van der Waals surface area (Å²) < 4.78 is 85.3. The molecule has 0 bridgehead atoms. The molecule has 1 aromatic heterocycles. The first-order valence-electron chi connectivity index (χ1n) is 12.3. The van der Waals surface area contributed by atoms with Crippen LogP contribution in [0.3, 0.4) is 0 Å². The van der Waals surface area contributed by atoms with Crippen molar-refractivity contribution in [3.05, 3.63) is 88.9 Å². The molecule has 0 saturated heterocycles. The maximum atomic E-state index is 13.4. The molecule has 0 saturated carbocycles. The van der Waals surface area contributed by atoms with Gasteiger partial charge in [-0.1, -0.05) is 44.2 Å². The van der Waals surface area contributed by atoms with E-state index >= 15 is 0 Å². The third-order valence-corrected chi connectivity index (χ3v) is 5.75. The Morgan fingerprint density at radius 1 is 0.850 bits per heavy atom. The summed E-state index contributed by atoms with van der Waals surface area (Å²) in [6.07, 6.45) is -10.1. The third kappa shape index (κ3) is 8.78. The molecule has 0 aliphatic rings. The van der Waals surface area contributed by atoms with Gasteiger partial charge in [0.2, 0.25) is 5.91 Å². The maximum Gasteiger partial charge on any atom is 0.416 e. The number of amides is 3. The first-order valence-corrected chi connectivity index (χ1v) is 12.3. The number of carbonyl (C=O) groups is 2. The van der Waals surface area contributed by atoms with Crippen molar-refractivity contribution in [2.75, 3.05) is 18.4 Å². The fourth-order valence-electron chi connectivity index (χ4n) is 3.95. The summed E-state index contributed by atoms with van der Waals surface area (Å²) in [7, 11) is 0. The Bertz CT molecular complexity index is 1270. The number of nitrogens with one attached hydrogen (secondary N) is 1. The summed E-state index contributed by atoms with van der Waals surface area (Å²) >= 11 is 0. The Morgan fingerprint density at radius 2 is 1.45 bits per heavy atom. The fourth-order valence-corrected chi connectivity index (χ4v) is 3.95. The summed E-state index contributed by atoms with van der Waals surface area (Å²) in [4.78, 5) is 29.1. The molecule has 0 radical (unpaired) electrons. The minimum absolute atomic E-state index is 0.0156. The SMILES string of the molecule is Cc1ccc(CN(Cc2ccccc2)C(=O)CN(CC(C)C)C(=O)Nc2cc(C(F)(F)F)cc(C(F)(F)F)c2)o1. The Morgan fingerprint density at radius 3 is 1.95 bits per heavy atom. The molecule has 3 rings (SSSR count). The van der Waals surface area contributed by atoms with Crippen LogP contribution in [0.25, 0.3) is 0 Å². The molecule has 0 aliphatic carbocycles. The number of nitrogens with zero attached hydrogens (tertiary/aromatic N) is 2. The summed E-state index contributed by atoms with van der Waals surface area (Å²) in [5.74, 6) is 0.488. The summed E-state index contributed by atoms with van der Waals surface area (Å²) in [5.41, 5.74) is -3.01. The van der Waals surface area contributed by atoms with E-state index in [9.17, 15) is 35.9 Å². The minimum Gasteiger partial charge on any atom is -0.464 e. The van der Waals surface area contributed by atoms with Gasteiger partial charge in [0.15, 0.2) is 0 Å². The quantitative estimate of drug-likeness (QED) is 0.274. The van der Waals surface area contributed by atoms with Crippen LogP contribution in [-0.2, 0) is 30.2 Å². The van der Waals surface area contributed by atoms with Crippen molar-refractivity contribution in [2.24, 2.45) is 5.92 Å². The second-order valence-electron chi connectivity index (χ2n) is 9.75. The number of hydrogen-bond acceptors (Lipinski definition) is 3. The minimum atomic E-state index is -5.07. The molecule has 0 spiro atoms. The predicted molar refractivity (Wildman–Crippen MR) is 136 cm³/mol. The zero-order chi connectivity index (χ0) is 29.7. The van der Waals surface area contributed by atoms with Gasteiger partial charge in [-0.25, -0.2) is 4.79 Å². The van der Waals surface area contributed by atoms with Gasteiger partial charge in [0, 0.05) is 18.8 Å². The Kier molecular flexibility index (Phi) is 9.54. The second-order valence-corrected chi connectivity index (χ2v) is 9.75. The third-order valence-electron chi connectivity index (χ3n) is 5.75. The van der Waals surface area contributed by atoms with Crippen LogP contribution in [-0.4, -0.2) is 34.8 Å². The average Bonchev–Trinajstić information content (AvgIpc) is 3.26. The van der Waals surface area contributed by atoms with Crippen molar-refractivity contribution < 1.29 is 40.3 Å². The molecule has 0 atom stereocenters. The molecule has 2 aromatic carbocycles. The van der Waals surface area contributed by atoms with Crippen LogP contribution >= 0.6 is 0 Å². The van der Waals surface area contributed by atoms with Gasteiger partial charge in [0.25, 0.3) is 0 Å². The van der Waals surface area contributed by atoms with E-state index in [-0.39, 0.29) is 31.6 Å². The highest BCUT2D eigenvalue weighted by Crippen LogP contribution is 2.37. The molecule has 3 amide bonds. The fraction of sp³-hybridized carbons (Fsp3) is 0.357. The number of urea groups is 1. The van der Waals surface area contributed by atoms with Gasteiger partial charge in [0.05, 0.1) is 17.7 Å². The van der Waals surface area contributed by atoms with Crippen LogP contribution < -0.4 is 5.32 Å². The summed E-state index contributed by atoms with van der Waals surface area (Å²) in [6, 6.07) is 12.3. The second kappa shape index (κ2) is 12.5. The summed E-state index contributed by atoms with van der Waals surface area (Å²) in [6.45, 7) is 5.07. The number of alkyl halides is 6. The maximum absolute atomic E-state index is 13.4. The number of hydrogen-bond donors (Lipinski definition) is 1. The standard InChI is InChI=1S/C28H29F6N3O3/c1-18(2)14-37(26(39)35-23-12-21(27(29,30)31)11-22(13-23)28(32,33)34)17-25(38)36(15-20-7-5-4-6-8-20)16-24-10-9-19(3)40-24/h4-13,18H,14-17H2,1-3H3,(H,35,39). The van der Waals surface area contributed by atoms with E-state index in [0.717, 1.165) is 10.5 Å². The van der Waals surface area contributed by atoms with Crippen LogP contribution in [0, 0.1) is 12.8 Å². The predicted octanol–water partition coefficient (Wildman–Crippen LogP) is 7.34. The monoisotopic (exact) mass is 569 g/mol. The van der Waals surface area contributed by atoms with Crippen LogP contribution in [0.4, 0.5) is 36.8 Å². The lowest BCUT2D eigenvalue weighted by atomic mass is 10.1. The number of rotatable bonds is 9. The zero-order valence-electron chi connectivity index (χ0n) is 22.1. The van der Waals surface area contributed by atoms with Crippen LogP contribution in [0.15, 0.2) is 65.1 Å². The smallest absolute Gasteiger partial charge is 0.416 e. The number of aryl methyl sites for hydroxylation is 1. The molecular formula is C28H29F6N3O3. The van der Waals surface area contributed by atoms with Gasteiger partial charge < -0.3 is 19.5 Å². The van der Waals surface area contributed by atoms with Crippen molar-refractivity contribution >= 4 is 17.6 Å². The van der Waals surface area contributed by atoms with E-state index in [4.69, 9.17) is 4.42 Å². The molecule has 1 heterocycles. The molecule has 0 fully saturated rings. The molecular weight excluding hydrogens is 540 g/mol. The van der Waals surface area contributed by atoms with Gasteiger partial charge in [-0.05, 0) is 48.7 Å². The Labute approximate surface area is 227 Å². The van der Waals surface area contributed by atoms with Crippen LogP contribution in [0.5, 0.6) is 0 Å². The van der Waals surface area contributed by atoms with Gasteiger partial charge in [0.1, 0.15) is 18.1 Å². The summed E-state index contributed by atoms with van der Waals surface area (Å²) in [5, 5.41) is 2.12. The van der Waals surface area contributed by atoms with E-state index < -0.39 is 47.6 Å². The highest BCUT2D eigenvalue weighted by molar-refractivity contribution is 5.92. The molecule has 0 aliphatic heterocycles. The van der Waals surface area contributed by atoms with Crippen LogP contribution in [0.1, 0.15) is 42.1 Å². The first-order chi connectivity index (χ1) is 18.6. The number of benzene rings is 2. The molecule has 40 heavy (non-hydrogen) atoms. The average molecular weight is 570 g/mol. The molecule has 1 N–H and O–H groups in total. The Balaban J connectivity index is 1.86. The van der Waals surface area contributed by atoms with E-state index in [2.05, 4.69) is 5.32 Å². The number of furan rings is 1. The normalized spacial score (nSPS) is 11.9. The number of halogens is 6. The van der Waals surface area contributed by atoms with E-state index in [0.29, 0.717) is 23.7 Å². The lowest BCUT2D eigenvalue weighted by molar-refractivity contribution is -0.143. The number of anilines is 1. The molecule has 3 aromatic rings. The van der Waals surface area contributed by atoms with Crippen molar-refractivity contribution in [1.82, 2.24) is 9.80 Å². The van der Waals surface area contributed by atoms with E-state index in [1.807, 2.05) is 18.2 Å². The van der Waals surface area contributed by atoms with Gasteiger partial charge in [-0.15, -0.1) is 0 Å². The lowest BCUT2D eigenvalue weighted by Crippen LogP contribution is -2.45. The van der Waals surface area contributed by atoms with Gasteiger partial charge >= 0.3 is 18.4 Å². The van der Waals surface area contributed by atoms with Crippen molar-refractivity contribution in [2.45, 2.75) is 46.2 Å². The zero-order valence-corrected chi connectivity index (χ0v) is 22.1. The highest BCUT2D eigenvalue weighted by atomic mass is 19.4. The molecule has 6 nitrogen and oxygen atoms in total. The lowest BCUT2D eigenvalue weighted by Gasteiger charge is -2.29. The van der Waals surface area contributed by atoms with Crippen LogP contribution in [0.2, 0.25) is 0 Å². The van der Waals surface area contributed by atoms with Gasteiger partial charge in [-0.2, -0.15) is 26.3 Å². The molecule has 216 valence electrons. The topological polar surface area (TPSA) is 65.8 Å². The largest absolute Gasteiger partial charge is 0.464 e. The Hall–Kier alpha value is -3.96. The van der Waals surface area contributed by atoms with Crippen molar-refractivity contribution in [3.63, 3.8) is 0 Å². The van der Waals surface area contributed by atoms with Crippen molar-refractivity contribution in [3.8, 4) is 0 Å². The first kappa shape index (κ1) is 30.6. The van der Waals surface area contributed by atoms with E-state index in [1.54, 1.807) is 45.0 Å². The molecule has 0 unspecified atom stereocenters. The number of carbonyl (C=O) groups excluding carboxylic acids is 2. The highest BCUT2D eigenvalue weighted by Gasteiger charge is 2.37. The van der Waals surface area contributed by atoms with Crippen molar-refractivity contribution in [1.29, 1.82) is 0 Å².